The van der Waals surface area contributed by atoms with Crippen molar-refractivity contribution >= 4 is 11.8 Å². The van der Waals surface area contributed by atoms with E-state index in [1.54, 1.807) is 9.47 Å². The third-order valence-electron chi connectivity index (χ3n) is 7.10. The third kappa shape index (κ3) is 4.13. The molecule has 3 aromatic rings. The molecule has 5 rings (SSSR count). The normalized spacial score (nSPS) is 15.3. The van der Waals surface area contributed by atoms with Crippen LogP contribution >= 0.6 is 0 Å². The summed E-state index contributed by atoms with van der Waals surface area (Å²) in [5.74, 6) is 0.0559. The Hall–Kier alpha value is -3.81. The quantitative estimate of drug-likeness (QED) is 0.632. The summed E-state index contributed by atoms with van der Waals surface area (Å²) < 4.78 is 7.16. The van der Waals surface area contributed by atoms with E-state index in [9.17, 15) is 14.4 Å². The van der Waals surface area contributed by atoms with Crippen LogP contribution in [0, 0.1) is 13.8 Å². The molecule has 35 heavy (non-hydrogen) atoms. The van der Waals surface area contributed by atoms with Crippen LogP contribution in [0.5, 0.6) is 5.75 Å². The van der Waals surface area contributed by atoms with E-state index in [1.165, 1.54) is 18.7 Å². The van der Waals surface area contributed by atoms with E-state index in [0.29, 0.717) is 61.8 Å². The highest BCUT2D eigenvalue weighted by Gasteiger charge is 2.31. The van der Waals surface area contributed by atoms with Crippen molar-refractivity contribution in [3.8, 4) is 5.75 Å². The molecule has 8 heteroatoms. The van der Waals surface area contributed by atoms with E-state index in [4.69, 9.17) is 4.74 Å². The maximum atomic E-state index is 13.8. The SMILES string of the molecule is COc1cc(=O)n2c(c1C(=O)N1CCc3ccccc3C1)CCN(C(=O)c1[nH]c(C)cc1C)CC2. The Bertz CT molecular complexity index is 1370. The molecule has 0 fully saturated rings. The zero-order valence-corrected chi connectivity index (χ0v) is 20.4. The molecule has 0 aliphatic carbocycles. The number of hydrogen-bond donors (Lipinski definition) is 1. The van der Waals surface area contributed by atoms with Crippen LogP contribution in [0.15, 0.2) is 41.2 Å². The lowest BCUT2D eigenvalue weighted by Gasteiger charge is -2.30. The number of aromatic nitrogens is 2. The summed E-state index contributed by atoms with van der Waals surface area (Å²) in [5, 5.41) is 0. The van der Waals surface area contributed by atoms with Crippen LogP contribution in [0.1, 0.15) is 48.9 Å². The number of rotatable bonds is 3. The van der Waals surface area contributed by atoms with Crippen LogP contribution in [0.25, 0.3) is 0 Å². The summed E-state index contributed by atoms with van der Waals surface area (Å²) >= 11 is 0. The molecule has 0 radical (unpaired) electrons. The van der Waals surface area contributed by atoms with Crippen LogP contribution in [-0.2, 0) is 25.9 Å². The number of H-pyrrole nitrogens is 1. The minimum absolute atomic E-state index is 0.0936. The lowest BCUT2D eigenvalue weighted by atomic mass is 9.98. The first-order chi connectivity index (χ1) is 16.9. The minimum Gasteiger partial charge on any atom is -0.496 e. The number of aromatic amines is 1. The zero-order chi connectivity index (χ0) is 24.7. The van der Waals surface area contributed by atoms with Gasteiger partial charge in [0, 0.05) is 56.6 Å². The van der Waals surface area contributed by atoms with Gasteiger partial charge in [0.15, 0.2) is 0 Å². The fourth-order valence-corrected chi connectivity index (χ4v) is 5.28. The van der Waals surface area contributed by atoms with Gasteiger partial charge in [-0.25, -0.2) is 0 Å². The molecular weight excluding hydrogens is 444 g/mol. The summed E-state index contributed by atoms with van der Waals surface area (Å²) in [6.45, 7) is 6.08. The Morgan fingerprint density at radius 1 is 0.914 bits per heavy atom. The number of carbonyl (C=O) groups excluding carboxylic acids is 2. The van der Waals surface area contributed by atoms with Gasteiger partial charge in [-0.05, 0) is 43.0 Å². The van der Waals surface area contributed by atoms with Crippen LogP contribution in [-0.4, -0.2) is 57.9 Å². The maximum absolute atomic E-state index is 13.8. The highest BCUT2D eigenvalue weighted by atomic mass is 16.5. The Morgan fingerprint density at radius 2 is 1.66 bits per heavy atom. The Labute approximate surface area is 204 Å². The van der Waals surface area contributed by atoms with E-state index in [-0.39, 0.29) is 17.4 Å². The number of nitrogens with one attached hydrogen (secondary N) is 1. The summed E-state index contributed by atoms with van der Waals surface area (Å²) in [6, 6.07) is 11.5. The van der Waals surface area contributed by atoms with E-state index in [1.807, 2.05) is 36.9 Å². The standard InChI is InChI=1S/C27H30N4O4/c1-17-14-18(2)28-25(17)27(34)29-11-9-21-24(22(35-3)15-23(32)31(21)13-12-29)26(33)30-10-8-19-6-4-5-7-20(19)16-30/h4-7,14-15,28H,8-13,16H2,1-3H3. The molecule has 0 spiro atoms. The average molecular weight is 475 g/mol. The molecule has 8 nitrogen and oxygen atoms in total. The van der Waals surface area contributed by atoms with Crippen molar-refractivity contribution in [2.75, 3.05) is 26.7 Å². The Balaban J connectivity index is 1.47. The first kappa shape index (κ1) is 23.0. The fourth-order valence-electron chi connectivity index (χ4n) is 5.28. The molecule has 182 valence electrons. The Morgan fingerprint density at radius 3 is 2.37 bits per heavy atom. The predicted octanol–water partition coefficient (Wildman–Crippen LogP) is 2.70. The molecule has 0 saturated heterocycles. The van der Waals surface area contributed by atoms with Crippen molar-refractivity contribution in [1.82, 2.24) is 19.4 Å². The molecule has 1 aromatic carbocycles. The van der Waals surface area contributed by atoms with Gasteiger partial charge in [-0.2, -0.15) is 0 Å². The van der Waals surface area contributed by atoms with Gasteiger partial charge >= 0.3 is 0 Å². The van der Waals surface area contributed by atoms with E-state index in [2.05, 4.69) is 17.1 Å². The number of benzene rings is 1. The first-order valence-electron chi connectivity index (χ1n) is 12.0. The molecule has 4 heterocycles. The van der Waals surface area contributed by atoms with Crippen molar-refractivity contribution in [1.29, 1.82) is 0 Å². The monoisotopic (exact) mass is 474 g/mol. The van der Waals surface area contributed by atoms with Crippen molar-refractivity contribution in [3.63, 3.8) is 0 Å². The van der Waals surface area contributed by atoms with Gasteiger partial charge in [-0.3, -0.25) is 14.4 Å². The highest BCUT2D eigenvalue weighted by Crippen LogP contribution is 2.28. The summed E-state index contributed by atoms with van der Waals surface area (Å²) in [4.78, 5) is 46.7. The molecular formula is C27H30N4O4. The molecule has 0 bridgehead atoms. The second-order valence-electron chi connectivity index (χ2n) is 9.32. The fraction of sp³-hybridized carbons (Fsp3) is 0.370. The number of amides is 2. The number of carbonyl (C=O) groups is 2. The predicted molar refractivity (Wildman–Crippen MR) is 132 cm³/mol. The van der Waals surface area contributed by atoms with E-state index in [0.717, 1.165) is 23.2 Å². The number of methoxy groups -OCH3 is 1. The summed E-state index contributed by atoms with van der Waals surface area (Å²) in [5.41, 5.74) is 5.63. The largest absolute Gasteiger partial charge is 0.496 e. The highest BCUT2D eigenvalue weighted by molar-refractivity contribution is 5.98. The van der Waals surface area contributed by atoms with Gasteiger partial charge in [-0.1, -0.05) is 24.3 Å². The molecule has 0 atom stereocenters. The average Bonchev–Trinajstić information content (AvgIpc) is 3.05. The molecule has 1 N–H and O–H groups in total. The van der Waals surface area contributed by atoms with Crippen LogP contribution < -0.4 is 10.3 Å². The van der Waals surface area contributed by atoms with Crippen LogP contribution in [0.2, 0.25) is 0 Å². The molecule has 0 saturated carbocycles. The second-order valence-corrected chi connectivity index (χ2v) is 9.32. The van der Waals surface area contributed by atoms with Crippen LogP contribution in [0.4, 0.5) is 0 Å². The summed E-state index contributed by atoms with van der Waals surface area (Å²) in [6.07, 6.45) is 1.18. The molecule has 2 amide bonds. The zero-order valence-electron chi connectivity index (χ0n) is 20.4. The number of aryl methyl sites for hydroxylation is 2. The van der Waals surface area contributed by atoms with Crippen molar-refractivity contribution < 1.29 is 14.3 Å². The van der Waals surface area contributed by atoms with Gasteiger partial charge in [0.25, 0.3) is 17.4 Å². The molecule has 0 unspecified atom stereocenters. The van der Waals surface area contributed by atoms with E-state index < -0.39 is 0 Å². The van der Waals surface area contributed by atoms with E-state index >= 15 is 0 Å². The lowest BCUT2D eigenvalue weighted by Crippen LogP contribution is -2.38. The van der Waals surface area contributed by atoms with Crippen molar-refractivity contribution in [2.45, 2.75) is 39.8 Å². The number of pyridine rings is 1. The second kappa shape index (κ2) is 9.09. The van der Waals surface area contributed by atoms with Gasteiger partial charge in [0.2, 0.25) is 0 Å². The lowest BCUT2D eigenvalue weighted by molar-refractivity contribution is 0.0728. The molecule has 2 aliphatic heterocycles. The van der Waals surface area contributed by atoms with Gasteiger partial charge in [-0.15, -0.1) is 0 Å². The van der Waals surface area contributed by atoms with Gasteiger partial charge < -0.3 is 24.1 Å². The maximum Gasteiger partial charge on any atom is 0.270 e. The minimum atomic E-state index is -0.224. The van der Waals surface area contributed by atoms with Crippen molar-refractivity contribution in [2.24, 2.45) is 0 Å². The number of fused-ring (bicyclic) bond motifs is 2. The number of hydrogen-bond acceptors (Lipinski definition) is 4. The van der Waals surface area contributed by atoms with Gasteiger partial charge in [0.05, 0.1) is 7.11 Å². The van der Waals surface area contributed by atoms with Crippen LogP contribution in [0.3, 0.4) is 0 Å². The smallest absolute Gasteiger partial charge is 0.270 e. The third-order valence-corrected chi connectivity index (χ3v) is 7.10. The molecule has 2 aromatic heterocycles. The number of nitrogens with zero attached hydrogens (tertiary/aromatic N) is 3. The topological polar surface area (TPSA) is 87.6 Å². The first-order valence-corrected chi connectivity index (χ1v) is 12.0. The van der Waals surface area contributed by atoms with Crippen molar-refractivity contribution in [3.05, 3.63) is 86.1 Å². The van der Waals surface area contributed by atoms with Gasteiger partial charge in [0.1, 0.15) is 17.0 Å². The molecule has 2 aliphatic rings. The number of ether oxygens (including phenoxy) is 1. The Kier molecular flexibility index (Phi) is 5.96. The summed E-state index contributed by atoms with van der Waals surface area (Å²) in [7, 11) is 1.48.